The third-order valence-electron chi connectivity index (χ3n) is 4.84. The number of likely N-dealkylation sites (tertiary alicyclic amines) is 1. The first-order chi connectivity index (χ1) is 11.2. The topological polar surface area (TPSA) is 53.4 Å². The zero-order chi connectivity index (χ0) is 15.8. The molecule has 0 aliphatic carbocycles. The standard InChI is InChI=1S/C18H20N4O/c1-21-8-6-15(7-9-21)13-2-4-14(5-3-13)16-10-17-18(23)19-12-20-22(17)11-16/h2-5,10-12,15H,6-9H2,1H3,(H,19,20,23). The molecule has 0 bridgehead atoms. The number of H-pyrrole nitrogens is 1. The smallest absolute Gasteiger partial charge is 0.275 e. The maximum absolute atomic E-state index is 11.8. The molecule has 0 atom stereocenters. The Morgan fingerprint density at radius 2 is 1.87 bits per heavy atom. The molecule has 1 aliphatic rings. The number of rotatable bonds is 2. The van der Waals surface area contributed by atoms with Crippen molar-refractivity contribution in [2.75, 3.05) is 20.1 Å². The summed E-state index contributed by atoms with van der Waals surface area (Å²) < 4.78 is 1.62. The highest BCUT2D eigenvalue weighted by molar-refractivity contribution is 5.69. The highest BCUT2D eigenvalue weighted by atomic mass is 16.1. The van der Waals surface area contributed by atoms with Gasteiger partial charge in [0.25, 0.3) is 5.56 Å². The fourth-order valence-corrected chi connectivity index (χ4v) is 3.39. The minimum Gasteiger partial charge on any atom is -0.310 e. The summed E-state index contributed by atoms with van der Waals surface area (Å²) in [6.07, 6.45) is 5.77. The van der Waals surface area contributed by atoms with Gasteiger partial charge in [-0.2, -0.15) is 5.10 Å². The average molecular weight is 308 g/mol. The molecule has 0 saturated carbocycles. The third kappa shape index (κ3) is 2.68. The Kier molecular flexibility index (Phi) is 3.50. The van der Waals surface area contributed by atoms with Gasteiger partial charge < -0.3 is 9.88 Å². The van der Waals surface area contributed by atoms with Crippen molar-refractivity contribution in [1.29, 1.82) is 0 Å². The molecule has 3 aromatic rings. The van der Waals surface area contributed by atoms with Gasteiger partial charge in [0.15, 0.2) is 0 Å². The molecular weight excluding hydrogens is 288 g/mol. The molecule has 5 heteroatoms. The van der Waals surface area contributed by atoms with E-state index in [0.29, 0.717) is 11.4 Å². The molecular formula is C18H20N4O. The fraction of sp³-hybridized carbons (Fsp3) is 0.333. The van der Waals surface area contributed by atoms with E-state index in [1.54, 1.807) is 4.52 Å². The van der Waals surface area contributed by atoms with Crippen LogP contribution in [-0.2, 0) is 0 Å². The number of hydrogen-bond donors (Lipinski definition) is 1. The first-order valence-corrected chi connectivity index (χ1v) is 8.06. The van der Waals surface area contributed by atoms with E-state index >= 15 is 0 Å². The second-order valence-corrected chi connectivity index (χ2v) is 6.38. The van der Waals surface area contributed by atoms with Crippen LogP contribution >= 0.6 is 0 Å². The van der Waals surface area contributed by atoms with Crippen LogP contribution in [-0.4, -0.2) is 39.6 Å². The zero-order valence-electron chi connectivity index (χ0n) is 13.2. The summed E-state index contributed by atoms with van der Waals surface area (Å²) in [5.41, 5.74) is 4.01. The molecule has 1 saturated heterocycles. The summed E-state index contributed by atoms with van der Waals surface area (Å²) >= 11 is 0. The van der Waals surface area contributed by atoms with Crippen LogP contribution < -0.4 is 5.56 Å². The van der Waals surface area contributed by atoms with Crippen LogP contribution in [0.2, 0.25) is 0 Å². The highest BCUT2D eigenvalue weighted by Gasteiger charge is 2.18. The van der Waals surface area contributed by atoms with Crippen LogP contribution in [0, 0.1) is 0 Å². The average Bonchev–Trinajstić information content (AvgIpc) is 3.01. The largest absolute Gasteiger partial charge is 0.310 e. The molecule has 23 heavy (non-hydrogen) atoms. The van der Waals surface area contributed by atoms with Gasteiger partial charge in [0.2, 0.25) is 0 Å². The number of benzene rings is 1. The minimum absolute atomic E-state index is 0.116. The summed E-state index contributed by atoms with van der Waals surface area (Å²) in [6, 6.07) is 10.6. The number of aromatic nitrogens is 3. The van der Waals surface area contributed by atoms with E-state index in [4.69, 9.17) is 0 Å². The Morgan fingerprint density at radius 1 is 1.13 bits per heavy atom. The summed E-state index contributed by atoms with van der Waals surface area (Å²) in [5.74, 6) is 0.665. The normalized spacial score (nSPS) is 16.9. The number of hydrogen-bond acceptors (Lipinski definition) is 3. The SMILES string of the molecule is CN1CCC(c2ccc(-c3cc4c(=O)[nH]cnn4c3)cc2)CC1. The van der Waals surface area contributed by atoms with Gasteiger partial charge in [-0.15, -0.1) is 0 Å². The molecule has 3 heterocycles. The van der Waals surface area contributed by atoms with Gasteiger partial charge in [-0.25, -0.2) is 4.52 Å². The number of piperidine rings is 1. The summed E-state index contributed by atoms with van der Waals surface area (Å²) in [4.78, 5) is 16.8. The zero-order valence-corrected chi connectivity index (χ0v) is 13.2. The Morgan fingerprint density at radius 3 is 2.57 bits per heavy atom. The number of aromatic amines is 1. The maximum atomic E-state index is 11.8. The Hall–Kier alpha value is -2.40. The first kappa shape index (κ1) is 14.2. The Bertz CT molecular complexity index is 870. The van der Waals surface area contributed by atoms with Crippen molar-refractivity contribution in [3.05, 3.63) is 58.8 Å². The lowest BCUT2D eigenvalue weighted by Gasteiger charge is -2.29. The van der Waals surface area contributed by atoms with Crippen molar-refractivity contribution in [2.45, 2.75) is 18.8 Å². The molecule has 1 aliphatic heterocycles. The van der Waals surface area contributed by atoms with Crippen molar-refractivity contribution < 1.29 is 0 Å². The number of nitrogens with zero attached hydrogens (tertiary/aromatic N) is 3. The molecule has 5 nitrogen and oxygen atoms in total. The molecule has 0 radical (unpaired) electrons. The van der Waals surface area contributed by atoms with E-state index in [9.17, 15) is 4.79 Å². The fourth-order valence-electron chi connectivity index (χ4n) is 3.39. The van der Waals surface area contributed by atoms with E-state index in [0.717, 1.165) is 11.1 Å². The Balaban J connectivity index is 1.62. The van der Waals surface area contributed by atoms with Crippen LogP contribution in [0.15, 0.2) is 47.7 Å². The van der Waals surface area contributed by atoms with Gasteiger partial charge in [-0.1, -0.05) is 24.3 Å². The molecule has 0 unspecified atom stereocenters. The lowest BCUT2D eigenvalue weighted by Crippen LogP contribution is -2.29. The van der Waals surface area contributed by atoms with Gasteiger partial charge in [0.05, 0.1) is 0 Å². The van der Waals surface area contributed by atoms with Crippen molar-refractivity contribution in [3.8, 4) is 11.1 Å². The predicted molar refractivity (Wildman–Crippen MR) is 90.7 cm³/mol. The minimum atomic E-state index is -0.116. The van der Waals surface area contributed by atoms with E-state index < -0.39 is 0 Å². The van der Waals surface area contributed by atoms with E-state index in [-0.39, 0.29) is 5.56 Å². The van der Waals surface area contributed by atoms with E-state index in [1.165, 1.54) is 37.8 Å². The molecule has 4 rings (SSSR count). The molecule has 2 aromatic heterocycles. The predicted octanol–water partition coefficient (Wildman–Crippen LogP) is 2.50. The maximum Gasteiger partial charge on any atom is 0.275 e. The first-order valence-electron chi connectivity index (χ1n) is 8.06. The number of nitrogens with one attached hydrogen (secondary N) is 1. The Labute approximate surface area is 134 Å². The van der Waals surface area contributed by atoms with Gasteiger partial charge in [-0.05, 0) is 56.1 Å². The van der Waals surface area contributed by atoms with Crippen molar-refractivity contribution in [2.24, 2.45) is 0 Å². The number of fused-ring (bicyclic) bond motifs is 1. The van der Waals surface area contributed by atoms with Gasteiger partial charge >= 0.3 is 0 Å². The lowest BCUT2D eigenvalue weighted by atomic mass is 9.89. The molecule has 1 aromatic carbocycles. The van der Waals surface area contributed by atoms with Crippen LogP contribution in [0.4, 0.5) is 0 Å². The van der Waals surface area contributed by atoms with Crippen LogP contribution in [0.5, 0.6) is 0 Å². The van der Waals surface area contributed by atoms with Gasteiger partial charge in [0.1, 0.15) is 11.8 Å². The summed E-state index contributed by atoms with van der Waals surface area (Å²) in [5, 5.41) is 4.14. The monoisotopic (exact) mass is 308 g/mol. The van der Waals surface area contributed by atoms with Crippen molar-refractivity contribution in [1.82, 2.24) is 19.5 Å². The van der Waals surface area contributed by atoms with E-state index in [2.05, 4.69) is 46.3 Å². The second-order valence-electron chi connectivity index (χ2n) is 6.38. The highest BCUT2D eigenvalue weighted by Crippen LogP contribution is 2.29. The third-order valence-corrected chi connectivity index (χ3v) is 4.84. The molecule has 0 amide bonds. The van der Waals surface area contributed by atoms with Crippen molar-refractivity contribution in [3.63, 3.8) is 0 Å². The van der Waals surface area contributed by atoms with Crippen LogP contribution in [0.1, 0.15) is 24.3 Å². The van der Waals surface area contributed by atoms with E-state index in [1.807, 2.05) is 12.3 Å². The quantitative estimate of drug-likeness (QED) is 0.791. The van der Waals surface area contributed by atoms with Gasteiger partial charge in [-0.3, -0.25) is 4.79 Å². The van der Waals surface area contributed by atoms with Crippen LogP contribution in [0.25, 0.3) is 16.6 Å². The van der Waals surface area contributed by atoms with Gasteiger partial charge in [0, 0.05) is 11.8 Å². The molecule has 1 fully saturated rings. The lowest BCUT2D eigenvalue weighted by molar-refractivity contribution is 0.255. The van der Waals surface area contributed by atoms with Crippen LogP contribution in [0.3, 0.4) is 0 Å². The summed E-state index contributed by atoms with van der Waals surface area (Å²) in [6.45, 7) is 2.34. The molecule has 118 valence electrons. The second kappa shape index (κ2) is 5.66. The molecule has 1 N–H and O–H groups in total. The van der Waals surface area contributed by atoms with Crippen molar-refractivity contribution >= 4 is 5.52 Å². The summed E-state index contributed by atoms with van der Waals surface area (Å²) in [7, 11) is 2.19. The molecule has 0 spiro atoms.